The number of rotatable bonds is 7. The van der Waals surface area contributed by atoms with Crippen molar-refractivity contribution in [3.05, 3.63) is 46.1 Å². The summed E-state index contributed by atoms with van der Waals surface area (Å²) in [6, 6.07) is 8.21. The van der Waals surface area contributed by atoms with Gasteiger partial charge < -0.3 is 14.5 Å². The van der Waals surface area contributed by atoms with Crippen molar-refractivity contribution in [2.24, 2.45) is 5.92 Å². The van der Waals surface area contributed by atoms with Crippen LogP contribution >= 0.6 is 0 Å². The van der Waals surface area contributed by atoms with Crippen molar-refractivity contribution < 1.29 is 9.53 Å². The second-order valence-corrected chi connectivity index (χ2v) is 7.12. The first kappa shape index (κ1) is 19.2. The Hall–Kier alpha value is -2.61. The number of carbonyl (C=O) groups is 1. The molecule has 1 fully saturated rings. The van der Waals surface area contributed by atoms with Crippen LogP contribution in [0.4, 0.5) is 0 Å². The molecule has 0 radical (unpaired) electrons. The van der Waals surface area contributed by atoms with Gasteiger partial charge in [0.25, 0.3) is 5.91 Å². The Morgan fingerprint density at radius 3 is 2.81 bits per heavy atom. The molecule has 2 N–H and O–H groups in total. The fraction of sp³-hybridized carbons (Fsp3) is 0.526. The molecule has 1 aromatic carbocycles. The lowest BCUT2D eigenvalue weighted by Crippen LogP contribution is -2.42. The maximum Gasteiger partial charge on any atom is 0.341 e. The van der Waals surface area contributed by atoms with E-state index < -0.39 is 5.69 Å². The number of hydrogen-bond donors (Lipinski definition) is 2. The molecule has 3 rings (SSSR count). The Kier molecular flexibility index (Phi) is 6.28. The molecule has 0 bridgehead atoms. The number of H-pyrrole nitrogens is 2. The first-order valence-corrected chi connectivity index (χ1v) is 9.30. The van der Waals surface area contributed by atoms with Crippen molar-refractivity contribution in [2.75, 3.05) is 40.3 Å². The fourth-order valence-electron chi connectivity index (χ4n) is 3.61. The third kappa shape index (κ3) is 5.19. The zero-order valence-electron chi connectivity index (χ0n) is 15.9. The largest absolute Gasteiger partial charge is 0.497 e. The molecule has 2 aromatic rings. The van der Waals surface area contributed by atoms with Gasteiger partial charge in [0.1, 0.15) is 5.75 Å². The van der Waals surface area contributed by atoms with Crippen LogP contribution in [0.2, 0.25) is 0 Å². The summed E-state index contributed by atoms with van der Waals surface area (Å²) in [4.78, 5) is 30.0. The maximum atomic E-state index is 12.3. The summed E-state index contributed by atoms with van der Waals surface area (Å²) in [6.45, 7) is 3.74. The van der Waals surface area contributed by atoms with Crippen molar-refractivity contribution in [1.82, 2.24) is 25.0 Å². The fourth-order valence-corrected chi connectivity index (χ4v) is 3.61. The average molecular weight is 373 g/mol. The number of nitrogens with zero attached hydrogens (tertiary/aromatic N) is 3. The van der Waals surface area contributed by atoms with Gasteiger partial charge in [-0.3, -0.25) is 9.78 Å². The lowest BCUT2D eigenvalue weighted by atomic mass is 9.97. The van der Waals surface area contributed by atoms with Crippen molar-refractivity contribution in [1.29, 1.82) is 0 Å². The molecule has 8 heteroatoms. The van der Waals surface area contributed by atoms with Gasteiger partial charge in [-0.05, 0) is 49.4 Å². The van der Waals surface area contributed by atoms with Gasteiger partial charge in [0.05, 0.1) is 7.11 Å². The van der Waals surface area contributed by atoms with Crippen LogP contribution < -0.4 is 10.4 Å². The summed E-state index contributed by atoms with van der Waals surface area (Å²) in [6.07, 6.45) is 3.24. The molecule has 1 aromatic heterocycles. The molecule has 1 saturated heterocycles. The quantitative estimate of drug-likeness (QED) is 0.759. The first-order chi connectivity index (χ1) is 13.0. The zero-order valence-corrected chi connectivity index (χ0v) is 15.9. The van der Waals surface area contributed by atoms with Crippen molar-refractivity contribution >= 4 is 5.91 Å². The van der Waals surface area contributed by atoms with Crippen LogP contribution in [0.3, 0.4) is 0 Å². The molecule has 146 valence electrons. The molecule has 0 saturated carbocycles. The minimum absolute atomic E-state index is 0.0645. The normalized spacial score (nSPS) is 17.6. The van der Waals surface area contributed by atoms with Crippen LogP contribution in [-0.4, -0.2) is 71.2 Å². The number of nitrogens with one attached hydrogen (secondary N) is 2. The molecular weight excluding hydrogens is 346 g/mol. The van der Waals surface area contributed by atoms with E-state index in [1.165, 1.54) is 5.56 Å². The Bertz CT molecular complexity index is 798. The van der Waals surface area contributed by atoms with Gasteiger partial charge in [-0.15, -0.1) is 5.10 Å². The number of hydrogen-bond acceptors (Lipinski definition) is 5. The Morgan fingerprint density at radius 2 is 2.15 bits per heavy atom. The van der Waals surface area contributed by atoms with Crippen LogP contribution in [0.5, 0.6) is 5.75 Å². The SMILES string of the molecule is COc1ccc(CCN2CCC[C@@H](CN(C)C(=O)c3n[nH]c(=O)[nH]3)C2)cc1. The predicted octanol–water partition coefficient (Wildman–Crippen LogP) is 1.13. The summed E-state index contributed by atoms with van der Waals surface area (Å²) in [5, 5.41) is 5.95. The molecule has 1 amide bonds. The number of amides is 1. The number of piperidine rings is 1. The van der Waals surface area contributed by atoms with Crippen LogP contribution in [0.15, 0.2) is 29.1 Å². The molecule has 1 aliphatic heterocycles. The van der Waals surface area contributed by atoms with E-state index >= 15 is 0 Å². The molecule has 0 spiro atoms. The van der Waals surface area contributed by atoms with E-state index in [-0.39, 0.29) is 11.7 Å². The van der Waals surface area contributed by atoms with E-state index in [1.807, 2.05) is 12.1 Å². The Morgan fingerprint density at radius 1 is 1.37 bits per heavy atom. The molecule has 1 atom stereocenters. The molecule has 0 aliphatic carbocycles. The second-order valence-electron chi connectivity index (χ2n) is 7.12. The standard InChI is InChI=1S/C19H27N5O3/c1-23(18(25)17-20-19(26)22-21-17)12-15-4-3-10-24(13-15)11-9-14-5-7-16(27-2)8-6-14/h5-8,15H,3-4,9-13H2,1-2H3,(H2,20,21,22,26)/t15-/m0/s1. The molecule has 1 aliphatic rings. The van der Waals surface area contributed by atoms with Gasteiger partial charge in [-0.2, -0.15) is 0 Å². The highest BCUT2D eigenvalue weighted by molar-refractivity contribution is 5.90. The van der Waals surface area contributed by atoms with Crippen LogP contribution in [0.1, 0.15) is 29.0 Å². The molecule has 8 nitrogen and oxygen atoms in total. The number of ether oxygens (including phenoxy) is 1. The monoisotopic (exact) mass is 373 g/mol. The lowest BCUT2D eigenvalue weighted by Gasteiger charge is -2.34. The zero-order chi connectivity index (χ0) is 19.2. The van der Waals surface area contributed by atoms with Gasteiger partial charge >= 0.3 is 5.69 Å². The van der Waals surface area contributed by atoms with Crippen molar-refractivity contribution in [3.8, 4) is 5.75 Å². The van der Waals surface area contributed by atoms with Crippen LogP contribution in [-0.2, 0) is 6.42 Å². The van der Waals surface area contributed by atoms with Gasteiger partial charge in [0.15, 0.2) is 0 Å². The van der Waals surface area contributed by atoms with E-state index in [0.717, 1.165) is 44.6 Å². The number of likely N-dealkylation sites (tertiary alicyclic amines) is 1. The highest BCUT2D eigenvalue weighted by atomic mass is 16.5. The van der Waals surface area contributed by atoms with E-state index in [4.69, 9.17) is 4.74 Å². The average Bonchev–Trinajstić information content (AvgIpc) is 3.12. The van der Waals surface area contributed by atoms with E-state index in [1.54, 1.807) is 19.1 Å². The summed E-state index contributed by atoms with van der Waals surface area (Å²) < 4.78 is 5.20. The second kappa shape index (κ2) is 8.85. The van der Waals surface area contributed by atoms with Gasteiger partial charge in [-0.25, -0.2) is 9.89 Å². The van der Waals surface area contributed by atoms with E-state index in [2.05, 4.69) is 32.2 Å². The minimum atomic E-state index is -0.464. The van der Waals surface area contributed by atoms with Crippen molar-refractivity contribution in [3.63, 3.8) is 0 Å². The highest BCUT2D eigenvalue weighted by Gasteiger charge is 2.24. The number of aromatic amines is 2. The van der Waals surface area contributed by atoms with E-state index in [9.17, 15) is 9.59 Å². The highest BCUT2D eigenvalue weighted by Crippen LogP contribution is 2.19. The molecule has 2 heterocycles. The molecule has 0 unspecified atom stereocenters. The third-order valence-electron chi connectivity index (χ3n) is 5.06. The number of carbonyl (C=O) groups excluding carboxylic acids is 1. The maximum absolute atomic E-state index is 12.3. The van der Waals surface area contributed by atoms with E-state index in [0.29, 0.717) is 12.5 Å². The third-order valence-corrected chi connectivity index (χ3v) is 5.06. The van der Waals surface area contributed by atoms with Crippen LogP contribution in [0.25, 0.3) is 0 Å². The molecular formula is C19H27N5O3. The lowest BCUT2D eigenvalue weighted by molar-refractivity contribution is 0.0719. The number of methoxy groups -OCH3 is 1. The summed E-state index contributed by atoms with van der Waals surface area (Å²) in [5.74, 6) is 1.11. The minimum Gasteiger partial charge on any atom is -0.497 e. The predicted molar refractivity (Wildman–Crippen MR) is 102 cm³/mol. The Labute approximate surface area is 158 Å². The first-order valence-electron chi connectivity index (χ1n) is 9.30. The van der Waals surface area contributed by atoms with Crippen LogP contribution in [0, 0.1) is 5.92 Å². The summed E-state index contributed by atoms with van der Waals surface area (Å²) >= 11 is 0. The van der Waals surface area contributed by atoms with Gasteiger partial charge in [-0.1, -0.05) is 12.1 Å². The number of aromatic nitrogens is 3. The smallest absolute Gasteiger partial charge is 0.341 e. The molecule has 27 heavy (non-hydrogen) atoms. The Balaban J connectivity index is 1.48. The topological polar surface area (TPSA) is 94.3 Å². The number of benzene rings is 1. The summed E-state index contributed by atoms with van der Waals surface area (Å²) in [5.41, 5.74) is 0.835. The van der Waals surface area contributed by atoms with Crippen molar-refractivity contribution in [2.45, 2.75) is 19.3 Å². The summed E-state index contributed by atoms with van der Waals surface area (Å²) in [7, 11) is 3.43. The van der Waals surface area contributed by atoms with Gasteiger partial charge in [0, 0.05) is 26.7 Å². The van der Waals surface area contributed by atoms with Gasteiger partial charge in [0.2, 0.25) is 5.82 Å².